The molecule has 1 aromatic heterocycles. The van der Waals surface area contributed by atoms with Crippen LogP contribution < -0.4 is 10.1 Å². The molecule has 2 aromatic carbocycles. The molecule has 144 valence electrons. The van der Waals surface area contributed by atoms with E-state index in [4.69, 9.17) is 9.47 Å². The monoisotopic (exact) mass is 394 g/mol. The van der Waals surface area contributed by atoms with E-state index >= 15 is 0 Å². The van der Waals surface area contributed by atoms with Crippen LogP contribution in [-0.2, 0) is 10.9 Å². The first-order valence-electron chi connectivity index (χ1n) is 7.88. The summed E-state index contributed by atoms with van der Waals surface area (Å²) in [7, 11) is 0. The van der Waals surface area contributed by atoms with Crippen LogP contribution in [0.5, 0.6) is 11.5 Å². The van der Waals surface area contributed by atoms with E-state index in [2.05, 4.69) is 9.40 Å². The third-order valence-corrected chi connectivity index (χ3v) is 3.91. The van der Waals surface area contributed by atoms with Gasteiger partial charge in [-0.3, -0.25) is 0 Å². The summed E-state index contributed by atoms with van der Waals surface area (Å²) in [6.07, 6.45) is -6.42. The maximum absolute atomic E-state index is 13.5. The standard InChI is InChI=1S/C18H10F4N2O4/c19-9-5-6-11-13(7-9)27-12-4-2-1-3-10(12)15(11)28-17(25)24-16-23-14(8-26-16)18(20,21)22/h1-8,15H,(H,23,24,25). The van der Waals surface area contributed by atoms with Crippen molar-refractivity contribution in [1.82, 2.24) is 4.98 Å². The molecule has 10 heteroatoms. The molecule has 0 aliphatic carbocycles. The van der Waals surface area contributed by atoms with Crippen molar-refractivity contribution >= 4 is 12.1 Å². The number of carbonyl (C=O) groups excluding carboxylic acids is 1. The molecule has 2 heterocycles. The number of carbonyl (C=O) groups is 1. The van der Waals surface area contributed by atoms with E-state index in [0.29, 0.717) is 23.1 Å². The van der Waals surface area contributed by atoms with Crippen molar-refractivity contribution in [3.05, 3.63) is 71.4 Å². The summed E-state index contributed by atoms with van der Waals surface area (Å²) < 4.78 is 66.8. The van der Waals surface area contributed by atoms with Gasteiger partial charge in [0.1, 0.15) is 23.6 Å². The predicted molar refractivity (Wildman–Crippen MR) is 86.4 cm³/mol. The first-order chi connectivity index (χ1) is 13.3. The number of para-hydroxylation sites is 1. The first kappa shape index (κ1) is 17.8. The molecule has 0 fully saturated rings. The second-order valence-electron chi connectivity index (χ2n) is 5.77. The number of nitrogens with zero attached hydrogens (tertiary/aromatic N) is 1. The summed E-state index contributed by atoms with van der Waals surface area (Å²) in [4.78, 5) is 15.3. The molecule has 0 saturated heterocycles. The third kappa shape index (κ3) is 3.36. The number of amides is 1. The predicted octanol–water partition coefficient (Wildman–Crippen LogP) is 5.28. The lowest BCUT2D eigenvalue weighted by Gasteiger charge is -2.27. The summed E-state index contributed by atoms with van der Waals surface area (Å²) in [6, 6.07) is 9.67. The number of ether oxygens (including phenoxy) is 2. The Bertz CT molecular complexity index is 1050. The molecule has 6 nitrogen and oxygen atoms in total. The van der Waals surface area contributed by atoms with Gasteiger partial charge in [0.05, 0.1) is 0 Å². The minimum absolute atomic E-state index is 0.159. The molecule has 0 saturated carbocycles. The van der Waals surface area contributed by atoms with Crippen LogP contribution in [0, 0.1) is 5.82 Å². The summed E-state index contributed by atoms with van der Waals surface area (Å²) in [5.41, 5.74) is -0.432. The molecule has 4 rings (SSSR count). The molecule has 0 radical (unpaired) electrons. The molecule has 0 bridgehead atoms. The Balaban J connectivity index is 1.59. The normalized spacial score (nSPS) is 15.2. The van der Waals surface area contributed by atoms with E-state index in [1.54, 1.807) is 24.3 Å². The Hall–Kier alpha value is -3.56. The number of halogens is 4. The molecule has 1 atom stereocenters. The SMILES string of the molecule is O=C(Nc1nc(C(F)(F)F)co1)OC1c2ccccc2Oc2cc(F)ccc21. The number of aromatic nitrogens is 1. The van der Waals surface area contributed by atoms with Gasteiger partial charge < -0.3 is 13.9 Å². The molecular formula is C18H10F4N2O4. The van der Waals surface area contributed by atoms with Gasteiger partial charge in [-0.15, -0.1) is 0 Å². The summed E-state index contributed by atoms with van der Waals surface area (Å²) in [5.74, 6) is -0.0262. The van der Waals surface area contributed by atoms with Crippen molar-refractivity contribution in [3.63, 3.8) is 0 Å². The molecule has 1 N–H and O–H groups in total. The molecule has 1 aliphatic heterocycles. The van der Waals surface area contributed by atoms with Gasteiger partial charge >= 0.3 is 18.3 Å². The van der Waals surface area contributed by atoms with Crippen LogP contribution in [-0.4, -0.2) is 11.1 Å². The Kier molecular flexibility index (Phi) is 4.17. The van der Waals surface area contributed by atoms with Crippen molar-refractivity contribution in [1.29, 1.82) is 0 Å². The molecule has 1 unspecified atom stereocenters. The van der Waals surface area contributed by atoms with Crippen molar-refractivity contribution in [2.24, 2.45) is 0 Å². The van der Waals surface area contributed by atoms with E-state index in [1.807, 2.05) is 5.32 Å². The van der Waals surface area contributed by atoms with Crippen LogP contribution in [0.15, 0.2) is 53.1 Å². The van der Waals surface area contributed by atoms with Crippen molar-refractivity contribution in [3.8, 4) is 11.5 Å². The lowest BCUT2D eigenvalue weighted by Crippen LogP contribution is -2.21. The zero-order chi connectivity index (χ0) is 19.9. The van der Waals surface area contributed by atoms with Crippen molar-refractivity contribution < 1.29 is 36.2 Å². The number of oxazole rings is 1. The highest BCUT2D eigenvalue weighted by molar-refractivity contribution is 5.82. The lowest BCUT2D eigenvalue weighted by atomic mass is 9.97. The Morgan fingerprint density at radius 2 is 1.86 bits per heavy atom. The molecular weight excluding hydrogens is 384 g/mol. The minimum Gasteiger partial charge on any atom is -0.456 e. The number of nitrogens with one attached hydrogen (secondary N) is 1. The van der Waals surface area contributed by atoms with Gasteiger partial charge in [0.25, 0.3) is 0 Å². The maximum Gasteiger partial charge on any atom is 0.436 e. The maximum atomic E-state index is 13.5. The average Bonchev–Trinajstić information content (AvgIpc) is 3.10. The molecule has 1 aliphatic rings. The van der Waals surface area contributed by atoms with E-state index < -0.39 is 35.9 Å². The minimum atomic E-state index is -4.71. The highest BCUT2D eigenvalue weighted by Crippen LogP contribution is 2.44. The Morgan fingerprint density at radius 3 is 2.61 bits per heavy atom. The average molecular weight is 394 g/mol. The summed E-state index contributed by atoms with van der Waals surface area (Å²) >= 11 is 0. The van der Waals surface area contributed by atoms with Gasteiger partial charge in [-0.1, -0.05) is 18.2 Å². The van der Waals surface area contributed by atoms with Gasteiger partial charge in [-0.05, 0) is 18.2 Å². The molecule has 1 amide bonds. The highest BCUT2D eigenvalue weighted by atomic mass is 19.4. The zero-order valence-corrected chi connectivity index (χ0v) is 13.8. The van der Waals surface area contributed by atoms with E-state index in [0.717, 1.165) is 6.07 Å². The Morgan fingerprint density at radius 1 is 1.11 bits per heavy atom. The second-order valence-corrected chi connectivity index (χ2v) is 5.77. The third-order valence-electron chi connectivity index (χ3n) is 3.91. The molecule has 28 heavy (non-hydrogen) atoms. The van der Waals surface area contributed by atoms with Crippen LogP contribution in [0.2, 0.25) is 0 Å². The number of anilines is 1. The number of alkyl halides is 3. The van der Waals surface area contributed by atoms with Crippen LogP contribution in [0.1, 0.15) is 22.9 Å². The quantitative estimate of drug-likeness (QED) is 0.599. The molecule has 3 aromatic rings. The largest absolute Gasteiger partial charge is 0.456 e. The van der Waals surface area contributed by atoms with Crippen molar-refractivity contribution in [2.75, 3.05) is 5.32 Å². The number of fused-ring (bicyclic) bond motifs is 2. The second kappa shape index (κ2) is 6.55. The van der Waals surface area contributed by atoms with Gasteiger partial charge in [-0.2, -0.15) is 18.2 Å². The van der Waals surface area contributed by atoms with Crippen LogP contribution >= 0.6 is 0 Å². The number of benzene rings is 2. The van der Waals surface area contributed by atoms with E-state index in [-0.39, 0.29) is 5.75 Å². The van der Waals surface area contributed by atoms with Crippen LogP contribution in [0.4, 0.5) is 28.4 Å². The Labute approximate surface area is 154 Å². The smallest absolute Gasteiger partial charge is 0.436 e. The number of hydrogen-bond donors (Lipinski definition) is 1. The van der Waals surface area contributed by atoms with Gasteiger partial charge in [0.2, 0.25) is 0 Å². The number of hydrogen-bond acceptors (Lipinski definition) is 5. The van der Waals surface area contributed by atoms with E-state index in [1.165, 1.54) is 12.1 Å². The fourth-order valence-electron chi connectivity index (χ4n) is 2.70. The van der Waals surface area contributed by atoms with Gasteiger partial charge in [0, 0.05) is 17.2 Å². The fraction of sp³-hybridized carbons (Fsp3) is 0.111. The number of rotatable bonds is 2. The van der Waals surface area contributed by atoms with E-state index in [9.17, 15) is 22.4 Å². The fourth-order valence-corrected chi connectivity index (χ4v) is 2.70. The zero-order valence-electron chi connectivity index (χ0n) is 13.8. The highest BCUT2D eigenvalue weighted by Gasteiger charge is 2.35. The first-order valence-corrected chi connectivity index (χ1v) is 7.88. The van der Waals surface area contributed by atoms with Gasteiger partial charge in [0.15, 0.2) is 11.8 Å². The summed E-state index contributed by atoms with van der Waals surface area (Å²) in [5, 5.41) is 2.00. The topological polar surface area (TPSA) is 73.6 Å². The van der Waals surface area contributed by atoms with Crippen molar-refractivity contribution in [2.45, 2.75) is 12.3 Å². The van der Waals surface area contributed by atoms with Crippen LogP contribution in [0.3, 0.4) is 0 Å². The van der Waals surface area contributed by atoms with Crippen LogP contribution in [0.25, 0.3) is 0 Å². The lowest BCUT2D eigenvalue weighted by molar-refractivity contribution is -0.141. The summed E-state index contributed by atoms with van der Waals surface area (Å²) in [6.45, 7) is 0. The van der Waals surface area contributed by atoms with Gasteiger partial charge in [-0.25, -0.2) is 14.5 Å². The molecule has 0 spiro atoms.